The number of aryl methyl sites for hydroxylation is 1. The minimum atomic E-state index is -4.73. The number of rotatable bonds is 4. The van der Waals surface area contributed by atoms with Crippen molar-refractivity contribution in [1.29, 1.82) is 0 Å². The van der Waals surface area contributed by atoms with Gasteiger partial charge in [0.1, 0.15) is 0 Å². The van der Waals surface area contributed by atoms with E-state index in [-0.39, 0.29) is 5.69 Å². The number of carbonyl (C=O) groups is 1. The van der Waals surface area contributed by atoms with E-state index in [2.05, 4.69) is 25.7 Å². The van der Waals surface area contributed by atoms with E-state index in [0.29, 0.717) is 28.9 Å². The molecule has 1 aliphatic rings. The Bertz CT molecular complexity index is 1000. The zero-order valence-corrected chi connectivity index (χ0v) is 14.1. The van der Waals surface area contributed by atoms with Crippen molar-refractivity contribution in [2.45, 2.75) is 31.9 Å². The number of H-pyrrole nitrogens is 1. The van der Waals surface area contributed by atoms with Crippen molar-refractivity contribution in [1.82, 2.24) is 20.3 Å². The van der Waals surface area contributed by atoms with Gasteiger partial charge in [-0.3, -0.25) is 9.89 Å². The number of amides is 1. The normalized spacial score (nSPS) is 14.4. The Hall–Kier alpha value is -3.17. The predicted molar refractivity (Wildman–Crippen MR) is 88.0 cm³/mol. The largest absolute Gasteiger partial charge is 0.435 e. The van der Waals surface area contributed by atoms with Crippen LogP contribution in [0.1, 0.15) is 46.4 Å². The molecule has 0 atom stereocenters. The first-order valence-corrected chi connectivity index (χ1v) is 8.20. The molecule has 1 aromatic carbocycles. The number of aromatic amines is 1. The molecular formula is C17H14F3N5O2. The fraction of sp³-hybridized carbons (Fsp3) is 0.294. The summed E-state index contributed by atoms with van der Waals surface area (Å²) in [7, 11) is 0. The number of benzene rings is 1. The lowest BCUT2D eigenvalue weighted by Crippen LogP contribution is -2.18. The molecule has 0 unspecified atom stereocenters. The molecule has 0 spiro atoms. The van der Waals surface area contributed by atoms with Gasteiger partial charge in [-0.15, -0.1) is 0 Å². The summed E-state index contributed by atoms with van der Waals surface area (Å²) in [5, 5.41) is 11.8. The maximum absolute atomic E-state index is 13.0. The second kappa shape index (κ2) is 6.22. The van der Waals surface area contributed by atoms with E-state index in [0.717, 1.165) is 12.8 Å². The van der Waals surface area contributed by atoms with Crippen LogP contribution in [0.5, 0.6) is 0 Å². The van der Waals surface area contributed by atoms with E-state index in [1.54, 1.807) is 24.3 Å². The molecule has 0 saturated heterocycles. The third-order valence-corrected chi connectivity index (χ3v) is 4.19. The number of nitrogens with zero attached hydrogens (tertiary/aromatic N) is 3. The molecular weight excluding hydrogens is 363 g/mol. The van der Waals surface area contributed by atoms with Gasteiger partial charge in [0.25, 0.3) is 5.91 Å². The van der Waals surface area contributed by atoms with E-state index >= 15 is 0 Å². The number of anilines is 1. The molecule has 1 amide bonds. The molecule has 7 nitrogen and oxygen atoms in total. The topological polar surface area (TPSA) is 96.7 Å². The summed E-state index contributed by atoms with van der Waals surface area (Å²) in [5.74, 6) is 0.336. The molecule has 1 fully saturated rings. The average molecular weight is 377 g/mol. The van der Waals surface area contributed by atoms with Crippen LogP contribution in [0.15, 0.2) is 28.8 Å². The van der Waals surface area contributed by atoms with Crippen LogP contribution in [-0.4, -0.2) is 26.2 Å². The molecule has 0 radical (unpaired) electrons. The molecule has 1 saturated carbocycles. The van der Waals surface area contributed by atoms with E-state index < -0.39 is 23.3 Å². The van der Waals surface area contributed by atoms with Gasteiger partial charge in [0.05, 0.1) is 5.56 Å². The van der Waals surface area contributed by atoms with Crippen molar-refractivity contribution < 1.29 is 22.5 Å². The first-order chi connectivity index (χ1) is 12.8. The van der Waals surface area contributed by atoms with Crippen molar-refractivity contribution in [2.24, 2.45) is 0 Å². The number of carbonyl (C=O) groups excluding carboxylic acids is 1. The van der Waals surface area contributed by atoms with Gasteiger partial charge in [-0.05, 0) is 31.9 Å². The molecule has 0 bridgehead atoms. The van der Waals surface area contributed by atoms with Gasteiger partial charge >= 0.3 is 6.18 Å². The lowest BCUT2D eigenvalue weighted by Gasteiger charge is -2.09. The van der Waals surface area contributed by atoms with Crippen LogP contribution in [0.2, 0.25) is 0 Å². The second-order valence-electron chi connectivity index (χ2n) is 6.34. The Labute approximate surface area is 151 Å². The Morgan fingerprint density at radius 3 is 2.81 bits per heavy atom. The highest BCUT2D eigenvalue weighted by atomic mass is 19.4. The maximum Gasteiger partial charge on any atom is 0.435 e. The SMILES string of the molecule is Cc1[nH]nc(C(F)(F)F)c1C(=O)Nc1cccc(-c2noc(C3CC3)n2)c1. The van der Waals surface area contributed by atoms with Crippen LogP contribution in [-0.2, 0) is 6.18 Å². The molecule has 2 N–H and O–H groups in total. The smallest absolute Gasteiger partial charge is 0.339 e. The summed E-state index contributed by atoms with van der Waals surface area (Å²) < 4.78 is 44.3. The summed E-state index contributed by atoms with van der Waals surface area (Å²) in [6.07, 6.45) is -2.70. The molecule has 10 heteroatoms. The quantitative estimate of drug-likeness (QED) is 0.718. The van der Waals surface area contributed by atoms with Gasteiger partial charge in [0.2, 0.25) is 11.7 Å². The monoisotopic (exact) mass is 377 g/mol. The highest BCUT2D eigenvalue weighted by molar-refractivity contribution is 6.06. The van der Waals surface area contributed by atoms with Crippen LogP contribution < -0.4 is 5.32 Å². The summed E-state index contributed by atoms with van der Waals surface area (Å²) >= 11 is 0. The average Bonchev–Trinajstić information content (AvgIpc) is 3.19. The second-order valence-corrected chi connectivity index (χ2v) is 6.34. The van der Waals surface area contributed by atoms with Gasteiger partial charge in [-0.25, -0.2) is 0 Å². The molecule has 3 aromatic rings. The van der Waals surface area contributed by atoms with Crippen molar-refractivity contribution in [3.05, 3.63) is 47.1 Å². The number of aromatic nitrogens is 4. The highest BCUT2D eigenvalue weighted by Crippen LogP contribution is 2.39. The first kappa shape index (κ1) is 17.3. The van der Waals surface area contributed by atoms with Crippen molar-refractivity contribution in [2.75, 3.05) is 5.32 Å². The van der Waals surface area contributed by atoms with Crippen LogP contribution >= 0.6 is 0 Å². The van der Waals surface area contributed by atoms with Gasteiger partial charge in [0.15, 0.2) is 5.69 Å². The lowest BCUT2D eigenvalue weighted by atomic mass is 10.1. The summed E-state index contributed by atoms with van der Waals surface area (Å²) in [5.41, 5.74) is -0.861. The third kappa shape index (κ3) is 3.42. The van der Waals surface area contributed by atoms with Crippen molar-refractivity contribution in [3.63, 3.8) is 0 Å². The van der Waals surface area contributed by atoms with Gasteiger partial charge < -0.3 is 9.84 Å². The molecule has 1 aliphatic carbocycles. The maximum atomic E-state index is 13.0. The van der Waals surface area contributed by atoms with Gasteiger partial charge in [-0.2, -0.15) is 23.3 Å². The standard InChI is InChI=1S/C17H14F3N5O2/c1-8-12(13(24-23-8)17(18,19)20)15(26)21-11-4-2-3-10(7-11)14-22-16(27-25-14)9-5-6-9/h2-4,7,9H,5-6H2,1H3,(H,21,26)(H,23,24). The van der Waals surface area contributed by atoms with Crippen molar-refractivity contribution >= 4 is 11.6 Å². The third-order valence-electron chi connectivity index (χ3n) is 4.19. The van der Waals surface area contributed by atoms with Crippen LogP contribution in [0.4, 0.5) is 18.9 Å². The molecule has 2 heterocycles. The predicted octanol–water partition coefficient (Wildman–Crippen LogP) is 3.92. The molecule has 0 aliphatic heterocycles. The van der Waals surface area contributed by atoms with Crippen LogP contribution in [0.25, 0.3) is 11.4 Å². The lowest BCUT2D eigenvalue weighted by molar-refractivity contribution is -0.141. The minimum Gasteiger partial charge on any atom is -0.339 e. The molecule has 2 aromatic heterocycles. The summed E-state index contributed by atoms with van der Waals surface area (Å²) in [4.78, 5) is 16.7. The van der Waals surface area contributed by atoms with Crippen LogP contribution in [0.3, 0.4) is 0 Å². The minimum absolute atomic E-state index is 0.0308. The zero-order chi connectivity index (χ0) is 19.2. The highest BCUT2D eigenvalue weighted by Gasteiger charge is 2.39. The number of alkyl halides is 3. The van der Waals surface area contributed by atoms with E-state index in [9.17, 15) is 18.0 Å². The van der Waals surface area contributed by atoms with Gasteiger partial charge in [0, 0.05) is 22.9 Å². The zero-order valence-electron chi connectivity index (χ0n) is 14.1. The number of hydrogen-bond donors (Lipinski definition) is 2. The van der Waals surface area contributed by atoms with Crippen LogP contribution in [0, 0.1) is 6.92 Å². The number of hydrogen-bond acceptors (Lipinski definition) is 5. The summed E-state index contributed by atoms with van der Waals surface area (Å²) in [6, 6.07) is 6.50. The number of nitrogens with one attached hydrogen (secondary N) is 2. The van der Waals surface area contributed by atoms with Crippen molar-refractivity contribution in [3.8, 4) is 11.4 Å². The Morgan fingerprint density at radius 2 is 2.11 bits per heavy atom. The molecule has 4 rings (SSSR count). The van der Waals surface area contributed by atoms with E-state index in [1.807, 2.05) is 0 Å². The number of halogens is 3. The fourth-order valence-electron chi connectivity index (χ4n) is 2.69. The Kier molecular flexibility index (Phi) is 3.97. The first-order valence-electron chi connectivity index (χ1n) is 8.20. The molecule has 27 heavy (non-hydrogen) atoms. The summed E-state index contributed by atoms with van der Waals surface area (Å²) in [6.45, 7) is 1.35. The fourth-order valence-corrected chi connectivity index (χ4v) is 2.69. The van der Waals surface area contributed by atoms with E-state index in [1.165, 1.54) is 6.92 Å². The Morgan fingerprint density at radius 1 is 1.33 bits per heavy atom. The Balaban J connectivity index is 1.58. The molecule has 140 valence electrons. The van der Waals surface area contributed by atoms with Gasteiger partial charge in [-0.1, -0.05) is 17.3 Å². The van der Waals surface area contributed by atoms with E-state index in [4.69, 9.17) is 4.52 Å².